The molecule has 1 rings (SSSR count). The number of benzene rings is 1. The van der Waals surface area contributed by atoms with Crippen LogP contribution in [-0.2, 0) is 9.53 Å². The molecule has 106 valence electrons. The van der Waals surface area contributed by atoms with Crippen molar-refractivity contribution >= 4 is 24.1 Å². The van der Waals surface area contributed by atoms with E-state index in [9.17, 15) is 20.0 Å². The van der Waals surface area contributed by atoms with Crippen molar-refractivity contribution in [1.29, 1.82) is 0 Å². The van der Waals surface area contributed by atoms with E-state index in [-0.39, 0.29) is 42.4 Å². The number of hydrogen-bond donors (Lipinski definition) is 2. The van der Waals surface area contributed by atoms with Crippen molar-refractivity contribution in [3.05, 3.63) is 33.9 Å². The van der Waals surface area contributed by atoms with Crippen LogP contribution >= 0.6 is 12.4 Å². The molecule has 1 atom stereocenters. The third kappa shape index (κ3) is 4.72. The van der Waals surface area contributed by atoms with Crippen molar-refractivity contribution in [1.82, 2.24) is 0 Å². The Labute approximate surface area is 115 Å². The fourth-order valence-electron chi connectivity index (χ4n) is 1.51. The van der Waals surface area contributed by atoms with E-state index in [4.69, 9.17) is 10.5 Å². The molecule has 0 aliphatic heterocycles. The second kappa shape index (κ2) is 7.55. The lowest BCUT2D eigenvalue weighted by molar-refractivity contribution is -0.385. The molecule has 0 aliphatic rings. The zero-order chi connectivity index (χ0) is 13.7. The highest BCUT2D eigenvalue weighted by Crippen LogP contribution is 2.29. The van der Waals surface area contributed by atoms with Gasteiger partial charge in [-0.25, -0.2) is 0 Å². The van der Waals surface area contributed by atoms with Crippen molar-refractivity contribution in [2.75, 3.05) is 6.61 Å². The smallest absolute Gasteiger partial charge is 0.307 e. The summed E-state index contributed by atoms with van der Waals surface area (Å²) >= 11 is 0. The third-order valence-electron chi connectivity index (χ3n) is 2.30. The number of carbonyl (C=O) groups is 1. The molecule has 0 aromatic heterocycles. The Kier molecular flexibility index (Phi) is 6.81. The lowest BCUT2D eigenvalue weighted by Gasteiger charge is -2.11. The maximum Gasteiger partial charge on any atom is 0.307 e. The van der Waals surface area contributed by atoms with Crippen LogP contribution in [0.2, 0.25) is 0 Å². The first kappa shape index (κ1) is 17.1. The van der Waals surface area contributed by atoms with Gasteiger partial charge in [-0.05, 0) is 19.1 Å². The summed E-state index contributed by atoms with van der Waals surface area (Å²) < 4.78 is 4.71. The van der Waals surface area contributed by atoms with Gasteiger partial charge in [0.1, 0.15) is 5.75 Å². The lowest BCUT2D eigenvalue weighted by atomic mass is 10.0. The first-order valence-corrected chi connectivity index (χ1v) is 5.34. The van der Waals surface area contributed by atoms with E-state index in [1.165, 1.54) is 12.1 Å². The molecule has 0 aliphatic carbocycles. The number of nitrogens with zero attached hydrogens (tertiary/aromatic N) is 1. The lowest BCUT2D eigenvalue weighted by Crippen LogP contribution is -2.18. The van der Waals surface area contributed by atoms with Crippen LogP contribution in [0.3, 0.4) is 0 Å². The Hall–Kier alpha value is -1.86. The quantitative estimate of drug-likeness (QED) is 0.484. The van der Waals surface area contributed by atoms with Gasteiger partial charge in [0.25, 0.3) is 5.69 Å². The number of esters is 1. The molecule has 0 saturated heterocycles. The number of hydrogen-bond acceptors (Lipinski definition) is 6. The van der Waals surface area contributed by atoms with Crippen molar-refractivity contribution in [3.63, 3.8) is 0 Å². The molecular formula is C11H15ClN2O5. The summed E-state index contributed by atoms with van der Waals surface area (Å²) in [5.41, 5.74) is 5.59. The minimum absolute atomic E-state index is 0. The summed E-state index contributed by atoms with van der Waals surface area (Å²) in [6.07, 6.45) is -0.182. The number of halogens is 1. The van der Waals surface area contributed by atoms with Gasteiger partial charge in [-0.3, -0.25) is 14.9 Å². The SMILES string of the molecule is CCOC(=O)C[C@@H](N)c1cc(O)ccc1[N+](=O)[O-].Cl. The van der Waals surface area contributed by atoms with E-state index in [0.29, 0.717) is 0 Å². The van der Waals surface area contributed by atoms with Gasteiger partial charge >= 0.3 is 5.97 Å². The van der Waals surface area contributed by atoms with Crippen LogP contribution in [-0.4, -0.2) is 22.6 Å². The standard InChI is InChI=1S/C11H14N2O5.ClH/c1-2-18-11(15)6-9(12)8-5-7(14)3-4-10(8)13(16)17;/h3-5,9,14H,2,6,12H2,1H3;1H/t9-;/m1./s1. The predicted octanol–water partition coefficient (Wildman–Crippen LogP) is 1.68. The second-order valence-electron chi connectivity index (χ2n) is 3.62. The molecule has 0 spiro atoms. The molecule has 0 amide bonds. The summed E-state index contributed by atoms with van der Waals surface area (Å²) in [5, 5.41) is 20.1. The number of nitro groups is 1. The highest BCUT2D eigenvalue weighted by Gasteiger charge is 2.22. The van der Waals surface area contributed by atoms with Gasteiger partial charge in [0.2, 0.25) is 0 Å². The molecule has 1 aromatic rings. The maximum absolute atomic E-state index is 11.3. The third-order valence-corrected chi connectivity index (χ3v) is 2.30. The minimum Gasteiger partial charge on any atom is -0.508 e. The first-order chi connectivity index (χ1) is 8.45. The zero-order valence-electron chi connectivity index (χ0n) is 10.2. The average Bonchev–Trinajstić information content (AvgIpc) is 2.28. The van der Waals surface area contributed by atoms with Crippen LogP contribution < -0.4 is 5.73 Å². The number of ether oxygens (including phenoxy) is 1. The normalized spacial score (nSPS) is 11.3. The number of rotatable bonds is 5. The first-order valence-electron chi connectivity index (χ1n) is 5.34. The van der Waals surface area contributed by atoms with E-state index >= 15 is 0 Å². The van der Waals surface area contributed by atoms with Crippen molar-refractivity contribution < 1.29 is 19.6 Å². The van der Waals surface area contributed by atoms with Crippen LogP contribution in [0.5, 0.6) is 5.75 Å². The highest BCUT2D eigenvalue weighted by atomic mass is 35.5. The van der Waals surface area contributed by atoms with Crippen molar-refractivity contribution in [2.24, 2.45) is 5.73 Å². The van der Waals surface area contributed by atoms with Gasteiger partial charge in [-0.2, -0.15) is 0 Å². The Bertz CT molecular complexity index is 466. The van der Waals surface area contributed by atoms with Gasteiger partial charge < -0.3 is 15.6 Å². The number of phenolic OH excluding ortho intramolecular Hbond substituents is 1. The van der Waals surface area contributed by atoms with E-state index in [0.717, 1.165) is 6.07 Å². The Balaban J connectivity index is 0.00000324. The molecule has 8 heteroatoms. The largest absolute Gasteiger partial charge is 0.508 e. The van der Waals surface area contributed by atoms with Crippen molar-refractivity contribution in [2.45, 2.75) is 19.4 Å². The van der Waals surface area contributed by atoms with Crippen LogP contribution in [0.4, 0.5) is 5.69 Å². The monoisotopic (exact) mass is 290 g/mol. The Morgan fingerprint density at radius 1 is 1.58 bits per heavy atom. The molecule has 3 N–H and O–H groups in total. The van der Waals surface area contributed by atoms with Crippen molar-refractivity contribution in [3.8, 4) is 5.75 Å². The van der Waals surface area contributed by atoms with Gasteiger partial charge in [0.05, 0.1) is 23.5 Å². The van der Waals surface area contributed by atoms with Crippen LogP contribution in [0, 0.1) is 10.1 Å². The molecule has 1 aromatic carbocycles. The molecule has 0 unspecified atom stereocenters. The topological polar surface area (TPSA) is 116 Å². The molecule has 0 bridgehead atoms. The zero-order valence-corrected chi connectivity index (χ0v) is 11.1. The fourth-order valence-corrected chi connectivity index (χ4v) is 1.51. The minimum atomic E-state index is -0.892. The summed E-state index contributed by atoms with van der Waals surface area (Å²) in [4.78, 5) is 21.4. The summed E-state index contributed by atoms with van der Waals surface area (Å²) in [7, 11) is 0. The summed E-state index contributed by atoms with van der Waals surface area (Å²) in [5.74, 6) is -0.683. The van der Waals surface area contributed by atoms with Crippen LogP contribution in [0.15, 0.2) is 18.2 Å². The molecule has 0 heterocycles. The number of phenols is 1. The molecule has 0 fully saturated rings. The number of nitro benzene ring substituents is 1. The summed E-state index contributed by atoms with van der Waals surface area (Å²) in [6, 6.07) is 2.63. The molecule has 0 saturated carbocycles. The molecule has 0 radical (unpaired) electrons. The number of nitrogens with two attached hydrogens (primary N) is 1. The highest BCUT2D eigenvalue weighted by molar-refractivity contribution is 5.85. The Morgan fingerprint density at radius 2 is 2.21 bits per heavy atom. The van der Waals surface area contributed by atoms with E-state index < -0.39 is 16.9 Å². The van der Waals surface area contributed by atoms with Gasteiger partial charge in [0, 0.05) is 12.1 Å². The Morgan fingerprint density at radius 3 is 2.74 bits per heavy atom. The predicted molar refractivity (Wildman–Crippen MR) is 70.2 cm³/mol. The average molecular weight is 291 g/mol. The van der Waals surface area contributed by atoms with Gasteiger partial charge in [-0.15, -0.1) is 12.4 Å². The fraction of sp³-hybridized carbons (Fsp3) is 0.364. The number of aromatic hydroxyl groups is 1. The van der Waals surface area contributed by atoms with Crippen LogP contribution in [0.25, 0.3) is 0 Å². The molecule has 19 heavy (non-hydrogen) atoms. The number of carbonyl (C=O) groups excluding carboxylic acids is 1. The van der Waals surface area contributed by atoms with Gasteiger partial charge in [-0.1, -0.05) is 0 Å². The summed E-state index contributed by atoms with van der Waals surface area (Å²) in [6.45, 7) is 1.87. The molecule has 7 nitrogen and oxygen atoms in total. The van der Waals surface area contributed by atoms with Gasteiger partial charge in [0.15, 0.2) is 0 Å². The van der Waals surface area contributed by atoms with Crippen LogP contribution in [0.1, 0.15) is 24.9 Å². The maximum atomic E-state index is 11.3. The molecular weight excluding hydrogens is 276 g/mol. The van der Waals surface area contributed by atoms with E-state index in [1.807, 2.05) is 0 Å². The van der Waals surface area contributed by atoms with E-state index in [2.05, 4.69) is 0 Å². The van der Waals surface area contributed by atoms with E-state index in [1.54, 1.807) is 6.92 Å². The second-order valence-corrected chi connectivity index (χ2v) is 3.62.